The zero-order valence-corrected chi connectivity index (χ0v) is 15.5. The minimum absolute atomic E-state index is 0.315. The maximum atomic E-state index is 14.6. The Balaban J connectivity index is 1.76. The van der Waals surface area contributed by atoms with Gasteiger partial charge in [0.05, 0.1) is 0 Å². The van der Waals surface area contributed by atoms with Gasteiger partial charge < -0.3 is 9.73 Å². The fourth-order valence-corrected chi connectivity index (χ4v) is 3.16. The van der Waals surface area contributed by atoms with Gasteiger partial charge in [-0.2, -0.15) is 0 Å². The van der Waals surface area contributed by atoms with Crippen LogP contribution in [0.3, 0.4) is 0 Å². The van der Waals surface area contributed by atoms with Crippen LogP contribution in [0.2, 0.25) is 0 Å². The van der Waals surface area contributed by atoms with Crippen LogP contribution in [0.5, 0.6) is 0 Å². The molecule has 0 aliphatic heterocycles. The number of nitrogens with one attached hydrogen (secondary N) is 1. The molecule has 0 unspecified atom stereocenters. The van der Waals surface area contributed by atoms with E-state index in [-0.39, 0.29) is 5.82 Å². The highest BCUT2D eigenvalue weighted by Crippen LogP contribution is 2.31. The van der Waals surface area contributed by atoms with E-state index in [1.165, 1.54) is 6.07 Å². The smallest absolute Gasteiger partial charge is 0.247 e. The fourth-order valence-electron chi connectivity index (χ4n) is 3.16. The summed E-state index contributed by atoms with van der Waals surface area (Å²) in [6, 6.07) is 23.5. The average Bonchev–Trinajstić information content (AvgIpc) is 3.23. The third-order valence-electron chi connectivity index (χ3n) is 4.62. The first-order valence-corrected chi connectivity index (χ1v) is 9.24. The molecule has 0 spiro atoms. The number of para-hydroxylation sites is 1. The van der Waals surface area contributed by atoms with Crippen molar-refractivity contribution in [2.45, 2.75) is 19.4 Å². The van der Waals surface area contributed by atoms with Crippen LogP contribution in [0.25, 0.3) is 11.5 Å². The van der Waals surface area contributed by atoms with Gasteiger partial charge in [0.2, 0.25) is 11.8 Å². The van der Waals surface area contributed by atoms with Crippen LogP contribution in [-0.2, 0) is 6.42 Å². The van der Waals surface area contributed by atoms with Crippen LogP contribution in [0, 0.1) is 5.82 Å². The zero-order chi connectivity index (χ0) is 19.3. The summed E-state index contributed by atoms with van der Waals surface area (Å²) in [4.78, 5) is 0. The molecule has 1 aromatic heterocycles. The second-order valence-corrected chi connectivity index (χ2v) is 6.42. The molecule has 4 aromatic rings. The third kappa shape index (κ3) is 3.64. The van der Waals surface area contributed by atoms with Gasteiger partial charge in [-0.25, -0.2) is 4.39 Å². The molecule has 28 heavy (non-hydrogen) atoms. The molecule has 1 atom stereocenters. The Morgan fingerprint density at radius 2 is 1.61 bits per heavy atom. The Labute approximate surface area is 163 Å². The second-order valence-electron chi connectivity index (χ2n) is 6.42. The maximum absolute atomic E-state index is 14.6. The molecule has 0 fully saturated rings. The van der Waals surface area contributed by atoms with E-state index >= 15 is 0 Å². The zero-order valence-electron chi connectivity index (χ0n) is 15.5. The Morgan fingerprint density at radius 1 is 0.893 bits per heavy atom. The molecule has 1 heterocycles. The molecule has 4 rings (SSSR count). The Bertz CT molecular complexity index is 1060. The molecular weight excluding hydrogens is 353 g/mol. The molecule has 4 nitrogen and oxygen atoms in total. The molecule has 3 aromatic carbocycles. The van der Waals surface area contributed by atoms with E-state index in [1.54, 1.807) is 18.2 Å². The number of benzene rings is 3. The van der Waals surface area contributed by atoms with E-state index in [0.29, 0.717) is 17.3 Å². The Hall–Kier alpha value is -3.47. The molecule has 0 amide bonds. The van der Waals surface area contributed by atoms with Crippen molar-refractivity contribution in [3.63, 3.8) is 0 Å². The summed E-state index contributed by atoms with van der Waals surface area (Å²) in [5.41, 5.74) is 3.32. The quantitative estimate of drug-likeness (QED) is 0.475. The van der Waals surface area contributed by atoms with Gasteiger partial charge in [0.25, 0.3) is 0 Å². The van der Waals surface area contributed by atoms with Gasteiger partial charge in [-0.1, -0.05) is 61.5 Å². The van der Waals surface area contributed by atoms with Crippen LogP contribution in [0.1, 0.15) is 30.0 Å². The number of halogens is 1. The summed E-state index contributed by atoms with van der Waals surface area (Å²) in [5.74, 6) is 0.394. The van der Waals surface area contributed by atoms with E-state index in [2.05, 4.69) is 22.4 Å². The molecule has 0 aliphatic carbocycles. The number of anilines is 1. The van der Waals surface area contributed by atoms with E-state index in [4.69, 9.17) is 4.42 Å². The summed E-state index contributed by atoms with van der Waals surface area (Å²) >= 11 is 0. The first-order valence-electron chi connectivity index (χ1n) is 9.24. The highest BCUT2D eigenvalue weighted by atomic mass is 19.1. The van der Waals surface area contributed by atoms with Gasteiger partial charge in [0, 0.05) is 16.8 Å². The largest absolute Gasteiger partial charge is 0.418 e. The van der Waals surface area contributed by atoms with Crippen molar-refractivity contribution in [2.75, 3.05) is 5.32 Å². The summed E-state index contributed by atoms with van der Waals surface area (Å²) < 4.78 is 20.5. The van der Waals surface area contributed by atoms with E-state index in [1.807, 2.05) is 54.6 Å². The lowest BCUT2D eigenvalue weighted by Crippen LogP contribution is -2.15. The number of rotatable bonds is 6. The highest BCUT2D eigenvalue weighted by molar-refractivity contribution is 5.55. The van der Waals surface area contributed by atoms with Crippen molar-refractivity contribution >= 4 is 5.69 Å². The Kier molecular flexibility index (Phi) is 5.15. The second kappa shape index (κ2) is 8.05. The lowest BCUT2D eigenvalue weighted by atomic mass is 10.0. The predicted molar refractivity (Wildman–Crippen MR) is 107 cm³/mol. The molecule has 0 saturated heterocycles. The summed E-state index contributed by atoms with van der Waals surface area (Å²) in [7, 11) is 0. The number of hydrogen-bond acceptors (Lipinski definition) is 4. The van der Waals surface area contributed by atoms with Gasteiger partial charge >= 0.3 is 0 Å². The normalized spacial score (nSPS) is 11.9. The third-order valence-corrected chi connectivity index (χ3v) is 4.62. The summed E-state index contributed by atoms with van der Waals surface area (Å²) in [5, 5.41) is 11.8. The van der Waals surface area contributed by atoms with E-state index in [0.717, 1.165) is 23.2 Å². The van der Waals surface area contributed by atoms with Gasteiger partial charge in [0.15, 0.2) is 0 Å². The van der Waals surface area contributed by atoms with Crippen LogP contribution in [-0.4, -0.2) is 10.2 Å². The van der Waals surface area contributed by atoms with Gasteiger partial charge in [-0.3, -0.25) is 0 Å². The van der Waals surface area contributed by atoms with Gasteiger partial charge in [-0.15, -0.1) is 10.2 Å². The highest BCUT2D eigenvalue weighted by Gasteiger charge is 2.24. The van der Waals surface area contributed by atoms with Crippen molar-refractivity contribution < 1.29 is 8.81 Å². The Morgan fingerprint density at radius 3 is 2.39 bits per heavy atom. The number of hydrogen-bond donors (Lipinski definition) is 1. The molecule has 0 radical (unpaired) electrons. The molecule has 5 heteroatoms. The number of nitrogens with zero attached hydrogens (tertiary/aromatic N) is 2. The minimum Gasteiger partial charge on any atom is -0.418 e. The first kappa shape index (κ1) is 17.9. The van der Waals surface area contributed by atoms with E-state index < -0.39 is 6.04 Å². The standard InChI is InChI=1S/C23H20FN3O/c1-2-16-10-6-9-15-20(16)25-21(18-13-7-8-14-19(18)24)23-27-26-22(28-23)17-11-4-3-5-12-17/h3-15,21,25H,2H2,1H3/t21-/m0/s1. The number of aryl methyl sites for hydroxylation is 1. The maximum Gasteiger partial charge on any atom is 0.247 e. The monoisotopic (exact) mass is 373 g/mol. The lowest BCUT2D eigenvalue weighted by molar-refractivity contribution is 0.485. The summed E-state index contributed by atoms with van der Waals surface area (Å²) in [6.45, 7) is 2.08. The van der Waals surface area contributed by atoms with Crippen LogP contribution < -0.4 is 5.32 Å². The molecular formula is C23H20FN3O. The van der Waals surface area contributed by atoms with Crippen molar-refractivity contribution in [1.29, 1.82) is 0 Å². The predicted octanol–water partition coefficient (Wildman–Crippen LogP) is 5.64. The average molecular weight is 373 g/mol. The van der Waals surface area contributed by atoms with Crippen LogP contribution >= 0.6 is 0 Å². The topological polar surface area (TPSA) is 51.0 Å². The van der Waals surface area contributed by atoms with Gasteiger partial charge in [0.1, 0.15) is 11.9 Å². The molecule has 140 valence electrons. The van der Waals surface area contributed by atoms with Crippen molar-refractivity contribution in [2.24, 2.45) is 0 Å². The molecule has 1 N–H and O–H groups in total. The first-order chi connectivity index (χ1) is 13.8. The summed E-state index contributed by atoms with van der Waals surface area (Å²) in [6.07, 6.45) is 0.853. The van der Waals surface area contributed by atoms with Gasteiger partial charge in [-0.05, 0) is 36.2 Å². The van der Waals surface area contributed by atoms with Crippen molar-refractivity contribution in [3.8, 4) is 11.5 Å². The fraction of sp³-hybridized carbons (Fsp3) is 0.130. The molecule has 0 saturated carbocycles. The molecule has 0 bridgehead atoms. The van der Waals surface area contributed by atoms with Crippen LogP contribution in [0.4, 0.5) is 10.1 Å². The van der Waals surface area contributed by atoms with Crippen molar-refractivity contribution in [3.05, 3.63) is 102 Å². The van der Waals surface area contributed by atoms with Crippen LogP contribution in [0.15, 0.2) is 83.3 Å². The van der Waals surface area contributed by atoms with Crippen molar-refractivity contribution in [1.82, 2.24) is 10.2 Å². The van der Waals surface area contributed by atoms with E-state index in [9.17, 15) is 4.39 Å². The SMILES string of the molecule is CCc1ccccc1N[C@H](c1nnc(-c2ccccc2)o1)c1ccccc1F. The minimum atomic E-state index is -0.598. The number of aromatic nitrogens is 2. The lowest BCUT2D eigenvalue weighted by Gasteiger charge is -2.19. The molecule has 0 aliphatic rings.